The van der Waals surface area contributed by atoms with Crippen LogP contribution in [0.15, 0.2) is 36.5 Å². The summed E-state index contributed by atoms with van der Waals surface area (Å²) in [4.78, 5) is 16.3. The summed E-state index contributed by atoms with van der Waals surface area (Å²) in [6.07, 6.45) is 1.16. The summed E-state index contributed by atoms with van der Waals surface area (Å²) in [5.74, 6) is 0.613. The van der Waals surface area contributed by atoms with E-state index < -0.39 is 6.10 Å². The number of nitrogens with zero attached hydrogens (tertiary/aromatic N) is 1. The van der Waals surface area contributed by atoms with Gasteiger partial charge in [-0.2, -0.15) is 0 Å². The summed E-state index contributed by atoms with van der Waals surface area (Å²) in [6.45, 7) is 8.22. The fraction of sp³-hybridized carbons (Fsp3) is 0.333. The lowest BCUT2D eigenvalue weighted by Crippen LogP contribution is -2.36. The van der Waals surface area contributed by atoms with Gasteiger partial charge in [0, 0.05) is 6.20 Å². The SMILES string of the molecule is Cc1cc(C)c(C)c(O[C@@H](C)C(=O)NCc2ccccn2)c1. The third-order valence-corrected chi connectivity index (χ3v) is 3.61. The Labute approximate surface area is 131 Å². The number of pyridine rings is 1. The highest BCUT2D eigenvalue weighted by atomic mass is 16.5. The molecule has 1 atom stereocenters. The maximum Gasteiger partial charge on any atom is 0.261 e. The second kappa shape index (κ2) is 7.07. The molecule has 0 fully saturated rings. The van der Waals surface area contributed by atoms with E-state index in [1.54, 1.807) is 13.1 Å². The Morgan fingerprint density at radius 2 is 2.05 bits per heavy atom. The molecule has 1 aromatic heterocycles. The number of rotatable bonds is 5. The average Bonchev–Trinajstić information content (AvgIpc) is 2.50. The molecule has 0 bridgehead atoms. The lowest BCUT2D eigenvalue weighted by Gasteiger charge is -2.17. The molecular weight excluding hydrogens is 276 g/mol. The van der Waals surface area contributed by atoms with Crippen LogP contribution in [-0.2, 0) is 11.3 Å². The molecule has 1 amide bonds. The molecule has 0 radical (unpaired) electrons. The van der Waals surface area contributed by atoms with Crippen LogP contribution in [0, 0.1) is 20.8 Å². The van der Waals surface area contributed by atoms with Crippen molar-refractivity contribution in [2.75, 3.05) is 0 Å². The molecule has 2 aromatic rings. The van der Waals surface area contributed by atoms with Crippen molar-refractivity contribution in [1.29, 1.82) is 0 Å². The first-order chi connectivity index (χ1) is 10.5. The molecule has 0 unspecified atom stereocenters. The van der Waals surface area contributed by atoms with Gasteiger partial charge in [-0.05, 0) is 62.6 Å². The summed E-state index contributed by atoms with van der Waals surface area (Å²) in [7, 11) is 0. The lowest BCUT2D eigenvalue weighted by molar-refractivity contribution is -0.127. The molecule has 0 saturated heterocycles. The lowest BCUT2D eigenvalue weighted by atomic mass is 10.1. The van der Waals surface area contributed by atoms with Gasteiger partial charge in [-0.1, -0.05) is 12.1 Å². The van der Waals surface area contributed by atoms with Gasteiger partial charge < -0.3 is 10.1 Å². The van der Waals surface area contributed by atoms with E-state index in [1.165, 1.54) is 0 Å². The van der Waals surface area contributed by atoms with E-state index in [9.17, 15) is 4.79 Å². The Balaban J connectivity index is 1.97. The van der Waals surface area contributed by atoms with Crippen molar-refractivity contribution < 1.29 is 9.53 Å². The topological polar surface area (TPSA) is 51.2 Å². The van der Waals surface area contributed by atoms with Crippen LogP contribution in [0.3, 0.4) is 0 Å². The Hall–Kier alpha value is -2.36. The third-order valence-electron chi connectivity index (χ3n) is 3.61. The largest absolute Gasteiger partial charge is 0.481 e. The zero-order valence-electron chi connectivity index (χ0n) is 13.5. The fourth-order valence-electron chi connectivity index (χ4n) is 2.19. The Morgan fingerprint density at radius 1 is 1.27 bits per heavy atom. The molecule has 0 aliphatic rings. The van der Waals surface area contributed by atoms with Crippen molar-refractivity contribution in [3.8, 4) is 5.75 Å². The van der Waals surface area contributed by atoms with Crippen molar-refractivity contribution >= 4 is 5.91 Å². The van der Waals surface area contributed by atoms with Crippen LogP contribution in [0.2, 0.25) is 0 Å². The molecule has 116 valence electrons. The minimum absolute atomic E-state index is 0.149. The molecule has 4 heteroatoms. The van der Waals surface area contributed by atoms with Crippen LogP contribution in [0.5, 0.6) is 5.75 Å². The molecule has 1 aromatic carbocycles. The number of aromatic nitrogens is 1. The monoisotopic (exact) mass is 298 g/mol. The molecule has 0 spiro atoms. The molecule has 1 N–H and O–H groups in total. The van der Waals surface area contributed by atoms with Crippen LogP contribution in [-0.4, -0.2) is 17.0 Å². The first-order valence-corrected chi connectivity index (χ1v) is 7.39. The number of amides is 1. The van der Waals surface area contributed by atoms with Gasteiger partial charge in [-0.15, -0.1) is 0 Å². The second-order valence-electron chi connectivity index (χ2n) is 5.50. The number of aryl methyl sites for hydroxylation is 2. The Morgan fingerprint density at radius 3 is 2.73 bits per heavy atom. The summed E-state index contributed by atoms with van der Waals surface area (Å²) in [5, 5.41) is 2.84. The maximum absolute atomic E-state index is 12.1. The van der Waals surface area contributed by atoms with Crippen LogP contribution < -0.4 is 10.1 Å². The van der Waals surface area contributed by atoms with Crippen molar-refractivity contribution in [2.24, 2.45) is 0 Å². The minimum Gasteiger partial charge on any atom is -0.481 e. The number of benzene rings is 1. The molecule has 4 nitrogen and oxygen atoms in total. The van der Waals surface area contributed by atoms with Crippen molar-refractivity contribution in [1.82, 2.24) is 10.3 Å². The van der Waals surface area contributed by atoms with E-state index in [2.05, 4.69) is 16.4 Å². The number of hydrogen-bond acceptors (Lipinski definition) is 3. The first kappa shape index (κ1) is 16.0. The smallest absolute Gasteiger partial charge is 0.261 e. The van der Waals surface area contributed by atoms with Crippen molar-refractivity contribution in [3.05, 3.63) is 58.9 Å². The highest BCUT2D eigenvalue weighted by molar-refractivity contribution is 5.80. The highest BCUT2D eigenvalue weighted by Crippen LogP contribution is 2.24. The molecular formula is C18H22N2O2. The van der Waals surface area contributed by atoms with E-state index in [-0.39, 0.29) is 5.91 Å². The van der Waals surface area contributed by atoms with Gasteiger partial charge in [0.05, 0.1) is 12.2 Å². The number of nitrogens with one attached hydrogen (secondary N) is 1. The van der Waals surface area contributed by atoms with E-state index >= 15 is 0 Å². The normalized spacial score (nSPS) is 11.8. The fourth-order valence-corrected chi connectivity index (χ4v) is 2.19. The van der Waals surface area contributed by atoms with E-state index in [0.29, 0.717) is 6.54 Å². The summed E-state index contributed by atoms with van der Waals surface area (Å²) in [5.41, 5.74) is 4.18. The third kappa shape index (κ3) is 4.07. The second-order valence-corrected chi connectivity index (χ2v) is 5.50. The Bertz CT molecular complexity index is 654. The number of hydrogen-bond donors (Lipinski definition) is 1. The quantitative estimate of drug-likeness (QED) is 0.923. The molecule has 0 saturated carbocycles. The maximum atomic E-state index is 12.1. The van der Waals surface area contributed by atoms with Gasteiger partial charge in [0.15, 0.2) is 6.10 Å². The van der Waals surface area contributed by atoms with Gasteiger partial charge in [-0.25, -0.2) is 0 Å². The van der Waals surface area contributed by atoms with E-state index in [4.69, 9.17) is 4.74 Å². The molecule has 1 heterocycles. The highest BCUT2D eigenvalue weighted by Gasteiger charge is 2.16. The molecule has 0 aliphatic heterocycles. The van der Waals surface area contributed by atoms with Gasteiger partial charge in [0.2, 0.25) is 0 Å². The van der Waals surface area contributed by atoms with Crippen LogP contribution in [0.1, 0.15) is 29.3 Å². The number of ether oxygens (including phenoxy) is 1. The summed E-state index contributed by atoms with van der Waals surface area (Å²) >= 11 is 0. The molecule has 0 aliphatic carbocycles. The minimum atomic E-state index is -0.552. The molecule has 22 heavy (non-hydrogen) atoms. The van der Waals surface area contributed by atoms with Gasteiger partial charge in [0.25, 0.3) is 5.91 Å². The number of carbonyl (C=O) groups is 1. The van der Waals surface area contributed by atoms with Gasteiger partial charge in [-0.3, -0.25) is 9.78 Å². The predicted molar refractivity (Wildman–Crippen MR) is 86.8 cm³/mol. The zero-order chi connectivity index (χ0) is 16.1. The Kier molecular flexibility index (Phi) is 5.15. The predicted octanol–water partition coefficient (Wildman–Crippen LogP) is 3.09. The van der Waals surface area contributed by atoms with E-state index in [0.717, 1.165) is 28.1 Å². The standard InChI is InChI=1S/C18H22N2O2/c1-12-9-13(2)14(3)17(10-12)22-15(4)18(21)20-11-16-7-5-6-8-19-16/h5-10,15H,11H2,1-4H3,(H,20,21)/t15-/m0/s1. The van der Waals surface area contributed by atoms with Crippen molar-refractivity contribution in [3.63, 3.8) is 0 Å². The van der Waals surface area contributed by atoms with Crippen molar-refractivity contribution in [2.45, 2.75) is 40.3 Å². The van der Waals surface area contributed by atoms with Crippen LogP contribution >= 0.6 is 0 Å². The first-order valence-electron chi connectivity index (χ1n) is 7.39. The van der Waals surface area contributed by atoms with Gasteiger partial charge in [0.1, 0.15) is 5.75 Å². The number of carbonyl (C=O) groups excluding carboxylic acids is 1. The van der Waals surface area contributed by atoms with Crippen LogP contribution in [0.4, 0.5) is 0 Å². The zero-order valence-corrected chi connectivity index (χ0v) is 13.5. The molecule has 2 rings (SSSR count). The summed E-state index contributed by atoms with van der Waals surface area (Å²) in [6, 6.07) is 9.69. The summed E-state index contributed by atoms with van der Waals surface area (Å²) < 4.78 is 5.82. The van der Waals surface area contributed by atoms with E-state index in [1.807, 2.05) is 45.0 Å². The average molecular weight is 298 g/mol. The van der Waals surface area contributed by atoms with Crippen LogP contribution in [0.25, 0.3) is 0 Å². The van der Waals surface area contributed by atoms with Gasteiger partial charge >= 0.3 is 0 Å².